The molecule has 1 heterocycles. The first-order chi connectivity index (χ1) is 6.38. The highest BCUT2D eigenvalue weighted by molar-refractivity contribution is 9.10. The third-order valence-corrected chi connectivity index (χ3v) is 3.07. The first kappa shape index (κ1) is 9.07. The molecular weight excluding hydrogens is 226 g/mol. The summed E-state index contributed by atoms with van der Waals surface area (Å²) in [6.07, 6.45) is 4.79. The Morgan fingerprint density at radius 3 is 2.46 bits per heavy atom. The Hall–Kier alpha value is -0.500. The molecule has 2 rings (SSSR count). The first-order valence-electron chi connectivity index (χ1n) is 4.69. The molecule has 0 atom stereocenters. The van der Waals surface area contributed by atoms with Gasteiger partial charge in [-0.25, -0.2) is 0 Å². The molecule has 69 valence electrons. The molecule has 1 nitrogen and oxygen atoms in total. The van der Waals surface area contributed by atoms with Gasteiger partial charge < -0.3 is 4.90 Å². The summed E-state index contributed by atoms with van der Waals surface area (Å²) < 4.78 is 1.21. The molecule has 0 aromatic heterocycles. The lowest BCUT2D eigenvalue weighted by Gasteiger charge is -2.29. The van der Waals surface area contributed by atoms with E-state index in [2.05, 4.69) is 51.5 Å². The van der Waals surface area contributed by atoms with Crippen LogP contribution in [-0.2, 0) is 0 Å². The second-order valence-corrected chi connectivity index (χ2v) is 4.16. The lowest BCUT2D eigenvalue weighted by Crippen LogP contribution is -2.29. The lowest BCUT2D eigenvalue weighted by atomic mass is 10.1. The summed E-state index contributed by atoms with van der Waals surface area (Å²) in [5, 5.41) is 0. The molecule has 0 unspecified atom stereocenters. The highest BCUT2D eigenvalue weighted by Gasteiger charge is 2.12. The van der Waals surface area contributed by atoms with Gasteiger partial charge in [-0.3, -0.25) is 0 Å². The molecule has 0 spiro atoms. The maximum absolute atomic E-state index is 3.58. The van der Waals surface area contributed by atoms with Crippen molar-refractivity contribution in [1.29, 1.82) is 0 Å². The van der Waals surface area contributed by atoms with Crippen molar-refractivity contribution >= 4 is 21.6 Å². The Labute approximate surface area is 87.9 Å². The standard InChI is InChI=1S/C11H13BrN/c12-10-6-2-3-7-11(10)13-8-4-1-5-9-13/h1-3,6-7H,4-5,8-9H2. The number of hydrogen-bond acceptors (Lipinski definition) is 1. The summed E-state index contributed by atoms with van der Waals surface area (Å²) in [7, 11) is 0. The zero-order chi connectivity index (χ0) is 9.10. The number of halogens is 1. The summed E-state index contributed by atoms with van der Waals surface area (Å²) in [4.78, 5) is 2.43. The fourth-order valence-corrected chi connectivity index (χ4v) is 2.24. The molecule has 0 amide bonds. The number of rotatable bonds is 1. The van der Waals surface area contributed by atoms with Gasteiger partial charge in [0, 0.05) is 17.6 Å². The fourth-order valence-electron chi connectivity index (χ4n) is 1.70. The minimum absolute atomic E-state index is 1.16. The molecule has 0 aliphatic carbocycles. The highest BCUT2D eigenvalue weighted by atomic mass is 79.9. The van der Waals surface area contributed by atoms with E-state index in [0.717, 1.165) is 13.1 Å². The van der Waals surface area contributed by atoms with Crippen LogP contribution in [0.4, 0.5) is 5.69 Å². The summed E-state index contributed by atoms with van der Waals surface area (Å²) in [6, 6.07) is 8.44. The number of nitrogens with zero attached hydrogens (tertiary/aromatic N) is 1. The molecule has 1 aliphatic rings. The van der Waals surface area contributed by atoms with Crippen molar-refractivity contribution in [2.45, 2.75) is 12.8 Å². The van der Waals surface area contributed by atoms with Gasteiger partial charge in [-0.1, -0.05) is 12.1 Å². The van der Waals surface area contributed by atoms with E-state index in [1.165, 1.54) is 23.0 Å². The molecular formula is C11H13BrN. The van der Waals surface area contributed by atoms with Crippen LogP contribution in [0.1, 0.15) is 12.8 Å². The molecule has 13 heavy (non-hydrogen) atoms. The second kappa shape index (κ2) is 4.14. The van der Waals surface area contributed by atoms with Crippen LogP contribution in [0.15, 0.2) is 28.7 Å². The van der Waals surface area contributed by atoms with Crippen molar-refractivity contribution in [2.75, 3.05) is 18.0 Å². The zero-order valence-corrected chi connectivity index (χ0v) is 9.13. The molecule has 1 aromatic rings. The molecule has 2 heteroatoms. The topological polar surface area (TPSA) is 3.24 Å². The Kier molecular flexibility index (Phi) is 2.89. The minimum atomic E-state index is 1.16. The molecule has 1 fully saturated rings. The second-order valence-electron chi connectivity index (χ2n) is 3.30. The van der Waals surface area contributed by atoms with Gasteiger partial charge in [0.05, 0.1) is 5.69 Å². The fraction of sp³-hybridized carbons (Fsp3) is 0.364. The first-order valence-corrected chi connectivity index (χ1v) is 5.48. The Morgan fingerprint density at radius 2 is 1.77 bits per heavy atom. The molecule has 1 radical (unpaired) electrons. The number of anilines is 1. The van der Waals surface area contributed by atoms with E-state index in [4.69, 9.17) is 0 Å². The smallest absolute Gasteiger partial charge is 0.0510 e. The van der Waals surface area contributed by atoms with E-state index in [-0.39, 0.29) is 0 Å². The quantitative estimate of drug-likeness (QED) is 0.727. The summed E-state index contributed by atoms with van der Waals surface area (Å²) >= 11 is 3.58. The van der Waals surface area contributed by atoms with Gasteiger partial charge in [-0.2, -0.15) is 0 Å². The number of piperidine rings is 1. The molecule has 1 aliphatic heterocycles. The zero-order valence-electron chi connectivity index (χ0n) is 7.54. The number of hydrogen-bond donors (Lipinski definition) is 0. The van der Waals surface area contributed by atoms with E-state index >= 15 is 0 Å². The lowest BCUT2D eigenvalue weighted by molar-refractivity contribution is 0.678. The van der Waals surface area contributed by atoms with Crippen LogP contribution in [0, 0.1) is 6.42 Å². The predicted molar refractivity (Wildman–Crippen MR) is 59.9 cm³/mol. The normalized spacial score (nSPS) is 17.5. The van der Waals surface area contributed by atoms with E-state index in [1.807, 2.05) is 0 Å². The van der Waals surface area contributed by atoms with Crippen LogP contribution in [0.5, 0.6) is 0 Å². The van der Waals surface area contributed by atoms with Crippen LogP contribution in [0.25, 0.3) is 0 Å². The van der Waals surface area contributed by atoms with Gasteiger partial charge in [0.15, 0.2) is 0 Å². The molecule has 0 saturated carbocycles. The highest BCUT2D eigenvalue weighted by Crippen LogP contribution is 2.27. The van der Waals surface area contributed by atoms with E-state index in [1.54, 1.807) is 0 Å². The molecule has 0 N–H and O–H groups in total. The average molecular weight is 239 g/mol. The van der Waals surface area contributed by atoms with E-state index in [9.17, 15) is 0 Å². The van der Waals surface area contributed by atoms with Crippen LogP contribution in [-0.4, -0.2) is 13.1 Å². The van der Waals surface area contributed by atoms with Crippen LogP contribution < -0.4 is 4.90 Å². The number of para-hydroxylation sites is 1. The van der Waals surface area contributed by atoms with Crippen molar-refractivity contribution in [3.05, 3.63) is 35.2 Å². The van der Waals surface area contributed by atoms with Crippen molar-refractivity contribution in [3.8, 4) is 0 Å². The van der Waals surface area contributed by atoms with Gasteiger partial charge in [0.25, 0.3) is 0 Å². The van der Waals surface area contributed by atoms with Crippen molar-refractivity contribution in [2.24, 2.45) is 0 Å². The largest absolute Gasteiger partial charge is 0.371 e. The van der Waals surface area contributed by atoms with Gasteiger partial charge >= 0.3 is 0 Å². The minimum Gasteiger partial charge on any atom is -0.371 e. The summed E-state index contributed by atoms with van der Waals surface area (Å²) in [5.74, 6) is 0. The number of benzene rings is 1. The van der Waals surface area contributed by atoms with Gasteiger partial charge in [-0.05, 0) is 47.3 Å². The van der Waals surface area contributed by atoms with Crippen LogP contribution in [0.2, 0.25) is 0 Å². The van der Waals surface area contributed by atoms with E-state index in [0.29, 0.717) is 0 Å². The van der Waals surface area contributed by atoms with Crippen molar-refractivity contribution in [1.82, 2.24) is 0 Å². The van der Waals surface area contributed by atoms with Crippen LogP contribution in [0.3, 0.4) is 0 Å². The van der Waals surface area contributed by atoms with Gasteiger partial charge in [0.2, 0.25) is 0 Å². The maximum atomic E-state index is 3.58. The van der Waals surface area contributed by atoms with Crippen molar-refractivity contribution < 1.29 is 0 Å². The van der Waals surface area contributed by atoms with E-state index < -0.39 is 0 Å². The summed E-state index contributed by atoms with van der Waals surface area (Å²) in [5.41, 5.74) is 1.33. The van der Waals surface area contributed by atoms with Crippen LogP contribution >= 0.6 is 15.9 Å². The Bertz CT molecular complexity index is 279. The predicted octanol–water partition coefficient (Wildman–Crippen LogP) is 3.25. The molecule has 1 aromatic carbocycles. The maximum Gasteiger partial charge on any atom is 0.0510 e. The SMILES string of the molecule is Brc1ccccc1N1CC[CH]CC1. The summed E-state index contributed by atoms with van der Waals surface area (Å²) in [6.45, 7) is 2.31. The Morgan fingerprint density at radius 1 is 1.08 bits per heavy atom. The third-order valence-electron chi connectivity index (χ3n) is 2.40. The molecule has 1 saturated heterocycles. The van der Waals surface area contributed by atoms with Crippen molar-refractivity contribution in [3.63, 3.8) is 0 Å². The average Bonchev–Trinajstić information content (AvgIpc) is 2.20. The monoisotopic (exact) mass is 238 g/mol. The Balaban J connectivity index is 2.18. The van der Waals surface area contributed by atoms with Gasteiger partial charge in [0.1, 0.15) is 0 Å². The molecule has 0 bridgehead atoms. The van der Waals surface area contributed by atoms with Gasteiger partial charge in [-0.15, -0.1) is 0 Å². The third kappa shape index (κ3) is 2.05.